The van der Waals surface area contributed by atoms with Crippen molar-refractivity contribution < 1.29 is 0 Å². The van der Waals surface area contributed by atoms with E-state index in [4.69, 9.17) is 0 Å². The highest BCUT2D eigenvalue weighted by Gasteiger charge is 2.28. The lowest BCUT2D eigenvalue weighted by molar-refractivity contribution is -0.0235. The van der Waals surface area contributed by atoms with E-state index in [0.29, 0.717) is 6.17 Å². The third kappa shape index (κ3) is 2.03. The van der Waals surface area contributed by atoms with E-state index < -0.39 is 0 Å². The van der Waals surface area contributed by atoms with Gasteiger partial charge >= 0.3 is 0 Å². The van der Waals surface area contributed by atoms with Crippen LogP contribution in [-0.2, 0) is 0 Å². The van der Waals surface area contributed by atoms with Crippen molar-refractivity contribution in [3.05, 3.63) is 0 Å². The Kier molecular flexibility index (Phi) is 3.19. The first kappa shape index (κ1) is 9.44. The minimum absolute atomic E-state index is 0.682. The minimum atomic E-state index is 0.682. The van der Waals surface area contributed by atoms with Gasteiger partial charge in [0.2, 0.25) is 0 Å². The van der Waals surface area contributed by atoms with Crippen molar-refractivity contribution in [3.63, 3.8) is 0 Å². The van der Waals surface area contributed by atoms with Gasteiger partial charge in [0.25, 0.3) is 0 Å². The predicted molar refractivity (Wildman–Crippen MR) is 54.2 cm³/mol. The largest absolute Gasteiger partial charge is 0.287 e. The van der Waals surface area contributed by atoms with E-state index in [1.54, 1.807) is 0 Å². The summed E-state index contributed by atoms with van der Waals surface area (Å²) < 4.78 is 0. The average molecular weight is 183 g/mol. The van der Waals surface area contributed by atoms with Gasteiger partial charge in [-0.25, -0.2) is 5.01 Å². The highest BCUT2D eigenvalue weighted by atomic mass is 15.6. The number of hydrogen-bond donors (Lipinski definition) is 1. The van der Waals surface area contributed by atoms with E-state index in [9.17, 15) is 0 Å². The van der Waals surface area contributed by atoms with Crippen molar-refractivity contribution in [1.82, 2.24) is 15.3 Å². The molecule has 2 aliphatic heterocycles. The molecule has 3 nitrogen and oxygen atoms in total. The van der Waals surface area contributed by atoms with Crippen LogP contribution in [0.15, 0.2) is 0 Å². The van der Waals surface area contributed by atoms with E-state index in [1.165, 1.54) is 51.7 Å². The number of hydrazine groups is 1. The normalized spacial score (nSPS) is 32.5. The maximum absolute atomic E-state index is 3.32. The molecule has 13 heavy (non-hydrogen) atoms. The van der Waals surface area contributed by atoms with Gasteiger partial charge in [0, 0.05) is 13.1 Å². The summed E-state index contributed by atoms with van der Waals surface area (Å²) in [6, 6.07) is 0. The molecule has 1 N–H and O–H groups in total. The summed E-state index contributed by atoms with van der Waals surface area (Å²) in [5.41, 5.74) is 3.32. The topological polar surface area (TPSA) is 18.5 Å². The van der Waals surface area contributed by atoms with Gasteiger partial charge in [0.1, 0.15) is 0 Å². The first-order chi connectivity index (χ1) is 6.42. The zero-order chi connectivity index (χ0) is 9.10. The summed E-state index contributed by atoms with van der Waals surface area (Å²) in [4.78, 5) is 2.65. The summed E-state index contributed by atoms with van der Waals surface area (Å²) in [6.07, 6.45) is 7.57. The lowest BCUT2D eigenvalue weighted by Crippen LogP contribution is -2.57. The van der Waals surface area contributed by atoms with Gasteiger partial charge < -0.3 is 0 Å². The summed E-state index contributed by atoms with van der Waals surface area (Å²) >= 11 is 0. The lowest BCUT2D eigenvalue weighted by atomic mass is 10.1. The Bertz CT molecular complexity index is 160. The molecule has 0 aromatic heterocycles. The first-order valence-electron chi connectivity index (χ1n) is 5.60. The molecular formula is C10H21N3. The molecule has 1 unspecified atom stereocenters. The third-order valence-corrected chi connectivity index (χ3v) is 3.32. The van der Waals surface area contributed by atoms with Gasteiger partial charge in [-0.3, -0.25) is 10.3 Å². The van der Waals surface area contributed by atoms with Crippen molar-refractivity contribution in [1.29, 1.82) is 0 Å². The fourth-order valence-electron chi connectivity index (χ4n) is 2.62. The molecule has 3 heteroatoms. The average Bonchev–Trinajstić information content (AvgIpc) is 2.41. The lowest BCUT2D eigenvalue weighted by Gasteiger charge is -2.42. The predicted octanol–water partition coefficient (Wildman–Crippen LogP) is 1.03. The third-order valence-electron chi connectivity index (χ3n) is 3.32. The van der Waals surface area contributed by atoms with E-state index in [0.717, 1.165) is 0 Å². The van der Waals surface area contributed by atoms with Gasteiger partial charge in [-0.05, 0) is 32.9 Å². The van der Waals surface area contributed by atoms with Gasteiger partial charge in [-0.2, -0.15) is 0 Å². The van der Waals surface area contributed by atoms with Crippen LogP contribution in [0.4, 0.5) is 0 Å². The Morgan fingerprint density at radius 2 is 1.85 bits per heavy atom. The molecule has 76 valence electrons. The molecule has 0 aliphatic carbocycles. The zero-order valence-electron chi connectivity index (χ0n) is 8.63. The Hall–Kier alpha value is -0.120. The highest BCUT2D eigenvalue weighted by Crippen LogP contribution is 2.22. The summed E-state index contributed by atoms with van der Waals surface area (Å²) in [6.45, 7) is 3.84. The Balaban J connectivity index is 2.00. The minimum Gasteiger partial charge on any atom is -0.287 e. The molecule has 0 aromatic carbocycles. The molecule has 0 aromatic rings. The molecule has 0 bridgehead atoms. The number of hydrogen-bond acceptors (Lipinski definition) is 3. The second-order valence-electron chi connectivity index (χ2n) is 4.14. The SMILES string of the molecule is CNN1CCCN2CCCCCC21. The van der Waals surface area contributed by atoms with E-state index in [-0.39, 0.29) is 0 Å². The van der Waals surface area contributed by atoms with Crippen molar-refractivity contribution in [2.75, 3.05) is 26.7 Å². The van der Waals surface area contributed by atoms with Crippen LogP contribution in [0.2, 0.25) is 0 Å². The maximum Gasteiger partial charge on any atom is 0.0757 e. The standard InChI is InChI=1S/C10H21N3/c1-11-13-9-5-8-12-7-4-2-3-6-10(12)13/h10-11H,2-9H2,1H3. The van der Waals surface area contributed by atoms with Crippen LogP contribution in [0.3, 0.4) is 0 Å². The van der Waals surface area contributed by atoms with Crippen molar-refractivity contribution in [2.45, 2.75) is 38.3 Å². The first-order valence-corrected chi connectivity index (χ1v) is 5.60. The van der Waals surface area contributed by atoms with Crippen LogP contribution in [0.1, 0.15) is 32.1 Å². The van der Waals surface area contributed by atoms with Crippen LogP contribution in [-0.4, -0.2) is 42.8 Å². The Labute approximate surface area is 81.1 Å². The molecule has 0 saturated carbocycles. The molecule has 2 aliphatic rings. The molecule has 0 radical (unpaired) electrons. The summed E-state index contributed by atoms with van der Waals surface area (Å²) in [7, 11) is 2.05. The summed E-state index contributed by atoms with van der Waals surface area (Å²) in [5.74, 6) is 0. The van der Waals surface area contributed by atoms with Crippen LogP contribution in [0.5, 0.6) is 0 Å². The molecule has 2 heterocycles. The molecule has 0 amide bonds. The van der Waals surface area contributed by atoms with E-state index in [1.807, 2.05) is 7.05 Å². The van der Waals surface area contributed by atoms with Gasteiger partial charge in [0.15, 0.2) is 0 Å². The van der Waals surface area contributed by atoms with Crippen LogP contribution in [0.25, 0.3) is 0 Å². The quantitative estimate of drug-likeness (QED) is 0.655. The highest BCUT2D eigenvalue weighted by molar-refractivity contribution is 4.78. The van der Waals surface area contributed by atoms with Crippen molar-refractivity contribution >= 4 is 0 Å². The second-order valence-corrected chi connectivity index (χ2v) is 4.14. The number of nitrogens with zero attached hydrogens (tertiary/aromatic N) is 2. The van der Waals surface area contributed by atoms with Gasteiger partial charge in [-0.15, -0.1) is 0 Å². The Morgan fingerprint density at radius 1 is 1.00 bits per heavy atom. The van der Waals surface area contributed by atoms with Crippen LogP contribution >= 0.6 is 0 Å². The number of nitrogens with one attached hydrogen (secondary N) is 1. The second kappa shape index (κ2) is 4.40. The molecule has 2 fully saturated rings. The Morgan fingerprint density at radius 3 is 2.69 bits per heavy atom. The zero-order valence-corrected chi connectivity index (χ0v) is 8.63. The monoisotopic (exact) mass is 183 g/mol. The molecule has 0 spiro atoms. The molecule has 2 saturated heterocycles. The van der Waals surface area contributed by atoms with Crippen LogP contribution < -0.4 is 5.43 Å². The van der Waals surface area contributed by atoms with E-state index >= 15 is 0 Å². The van der Waals surface area contributed by atoms with Gasteiger partial charge in [0.05, 0.1) is 6.17 Å². The fraction of sp³-hybridized carbons (Fsp3) is 1.00. The molecule has 2 rings (SSSR count). The van der Waals surface area contributed by atoms with E-state index in [2.05, 4.69) is 15.3 Å². The van der Waals surface area contributed by atoms with Crippen molar-refractivity contribution in [2.24, 2.45) is 0 Å². The fourth-order valence-corrected chi connectivity index (χ4v) is 2.62. The molecule has 1 atom stereocenters. The number of rotatable bonds is 1. The summed E-state index contributed by atoms with van der Waals surface area (Å²) in [5, 5.41) is 2.41. The maximum atomic E-state index is 3.32. The smallest absolute Gasteiger partial charge is 0.0757 e. The molecular weight excluding hydrogens is 162 g/mol. The van der Waals surface area contributed by atoms with Gasteiger partial charge in [-0.1, -0.05) is 12.8 Å². The van der Waals surface area contributed by atoms with Crippen LogP contribution in [0, 0.1) is 0 Å². The number of fused-ring (bicyclic) bond motifs is 1. The van der Waals surface area contributed by atoms with Crippen molar-refractivity contribution in [3.8, 4) is 0 Å².